The van der Waals surface area contributed by atoms with E-state index in [9.17, 15) is 9.59 Å². The normalized spacial score (nSPS) is 10.6. The Labute approximate surface area is 167 Å². The molecule has 0 radical (unpaired) electrons. The lowest BCUT2D eigenvalue weighted by Gasteiger charge is -2.08. The molecule has 1 heterocycles. The average Bonchev–Trinajstić information content (AvgIpc) is 3.06. The van der Waals surface area contributed by atoms with Gasteiger partial charge < -0.3 is 15.4 Å². The van der Waals surface area contributed by atoms with Gasteiger partial charge in [0.25, 0.3) is 5.91 Å². The third-order valence-corrected chi connectivity index (χ3v) is 5.01. The zero-order valence-corrected chi connectivity index (χ0v) is 16.8. The highest BCUT2D eigenvalue weighted by Crippen LogP contribution is 2.24. The number of fused-ring (bicyclic) bond motifs is 1. The van der Waals surface area contributed by atoms with Crippen LogP contribution in [-0.4, -0.2) is 29.9 Å². The molecule has 0 spiro atoms. The molecule has 1 aromatic heterocycles. The second-order valence-electron chi connectivity index (χ2n) is 6.37. The number of ether oxygens (including phenoxy) is 1. The minimum Gasteiger partial charge on any atom is -0.494 e. The number of carbonyl (C=O) groups is 2. The molecule has 2 N–H and O–H groups in total. The highest BCUT2D eigenvalue weighted by atomic mass is 32.1. The van der Waals surface area contributed by atoms with Gasteiger partial charge in [0.05, 0.1) is 28.4 Å². The number of hydrogen-bond acceptors (Lipinski definition) is 5. The number of aromatic nitrogens is 1. The van der Waals surface area contributed by atoms with Gasteiger partial charge in [-0.25, -0.2) is 4.98 Å². The van der Waals surface area contributed by atoms with Crippen LogP contribution in [0.15, 0.2) is 42.5 Å². The van der Waals surface area contributed by atoms with Crippen LogP contribution in [0, 0.1) is 6.92 Å². The maximum absolute atomic E-state index is 12.2. The summed E-state index contributed by atoms with van der Waals surface area (Å²) in [6, 6.07) is 12.5. The molecule has 3 rings (SSSR count). The number of rotatable bonds is 8. The standard InChI is InChI=1S/C21H23N3O3S/c1-3-4-11-27-17-8-5-15(6-9-17)21(26)22-13-20(25)24-16-7-10-18-19(12-16)28-14(2)23-18/h5-10,12H,3-4,11,13H2,1-2H3,(H,22,26)(H,24,25). The van der Waals surface area contributed by atoms with Crippen LogP contribution in [0.25, 0.3) is 10.2 Å². The fraction of sp³-hybridized carbons (Fsp3) is 0.286. The molecule has 0 unspecified atom stereocenters. The molecular formula is C21H23N3O3S. The molecule has 0 saturated heterocycles. The smallest absolute Gasteiger partial charge is 0.251 e. The van der Waals surface area contributed by atoms with Crippen molar-refractivity contribution in [3.8, 4) is 5.75 Å². The van der Waals surface area contributed by atoms with Crippen molar-refractivity contribution >= 4 is 39.1 Å². The van der Waals surface area contributed by atoms with E-state index in [0.717, 1.165) is 33.8 Å². The summed E-state index contributed by atoms with van der Waals surface area (Å²) in [6.45, 7) is 4.61. The van der Waals surface area contributed by atoms with E-state index in [0.29, 0.717) is 17.9 Å². The van der Waals surface area contributed by atoms with E-state index < -0.39 is 0 Å². The van der Waals surface area contributed by atoms with Crippen LogP contribution in [-0.2, 0) is 4.79 Å². The number of carbonyl (C=O) groups excluding carboxylic acids is 2. The first-order valence-electron chi connectivity index (χ1n) is 9.23. The summed E-state index contributed by atoms with van der Waals surface area (Å²) in [4.78, 5) is 28.7. The molecule has 0 aliphatic carbocycles. The molecule has 2 amide bonds. The number of amides is 2. The van der Waals surface area contributed by atoms with Gasteiger partial charge in [-0.2, -0.15) is 0 Å². The Balaban J connectivity index is 1.49. The number of nitrogens with zero attached hydrogens (tertiary/aromatic N) is 1. The van der Waals surface area contributed by atoms with Gasteiger partial charge in [0.2, 0.25) is 5.91 Å². The van der Waals surface area contributed by atoms with Crippen LogP contribution in [0.2, 0.25) is 0 Å². The Morgan fingerprint density at radius 1 is 1.14 bits per heavy atom. The van der Waals surface area contributed by atoms with Crippen LogP contribution >= 0.6 is 11.3 Å². The summed E-state index contributed by atoms with van der Waals surface area (Å²) in [5.74, 6) is 0.147. The fourth-order valence-electron chi connectivity index (χ4n) is 2.62. The second kappa shape index (κ2) is 9.32. The molecule has 0 saturated carbocycles. The number of benzene rings is 2. The lowest BCUT2D eigenvalue weighted by molar-refractivity contribution is -0.115. The molecule has 3 aromatic rings. The summed E-state index contributed by atoms with van der Waals surface area (Å²) in [5.41, 5.74) is 2.08. The maximum Gasteiger partial charge on any atom is 0.251 e. The van der Waals surface area contributed by atoms with Crippen LogP contribution in [0.3, 0.4) is 0 Å². The molecule has 0 atom stereocenters. The van der Waals surface area contributed by atoms with Crippen molar-refractivity contribution in [3.63, 3.8) is 0 Å². The predicted octanol–water partition coefficient (Wildman–Crippen LogP) is 4.15. The SMILES string of the molecule is CCCCOc1ccc(C(=O)NCC(=O)Nc2ccc3nc(C)sc3c2)cc1. The number of aryl methyl sites for hydroxylation is 1. The average molecular weight is 398 g/mol. The van der Waals surface area contributed by atoms with Crippen molar-refractivity contribution in [3.05, 3.63) is 53.0 Å². The molecule has 7 heteroatoms. The van der Waals surface area contributed by atoms with Gasteiger partial charge in [-0.05, 0) is 55.8 Å². The zero-order chi connectivity index (χ0) is 19.9. The molecule has 2 aromatic carbocycles. The molecule has 0 fully saturated rings. The summed E-state index contributed by atoms with van der Waals surface area (Å²) < 4.78 is 6.59. The van der Waals surface area contributed by atoms with Crippen LogP contribution in [0.4, 0.5) is 5.69 Å². The number of hydrogen-bond donors (Lipinski definition) is 2. The summed E-state index contributed by atoms with van der Waals surface area (Å²) >= 11 is 1.57. The van der Waals surface area contributed by atoms with E-state index in [1.54, 1.807) is 41.7 Å². The Morgan fingerprint density at radius 3 is 2.68 bits per heavy atom. The summed E-state index contributed by atoms with van der Waals surface area (Å²) in [6.07, 6.45) is 2.06. The number of unbranched alkanes of at least 4 members (excludes halogenated alkanes) is 1. The van der Waals surface area contributed by atoms with Gasteiger partial charge in [-0.15, -0.1) is 11.3 Å². The lowest BCUT2D eigenvalue weighted by atomic mass is 10.2. The van der Waals surface area contributed by atoms with E-state index >= 15 is 0 Å². The monoisotopic (exact) mass is 397 g/mol. The van der Waals surface area contributed by atoms with Crippen molar-refractivity contribution in [2.75, 3.05) is 18.5 Å². The lowest BCUT2D eigenvalue weighted by Crippen LogP contribution is -2.32. The van der Waals surface area contributed by atoms with E-state index in [-0.39, 0.29) is 18.4 Å². The third-order valence-electron chi connectivity index (χ3n) is 4.07. The van der Waals surface area contributed by atoms with E-state index in [4.69, 9.17) is 4.74 Å². The van der Waals surface area contributed by atoms with Gasteiger partial charge in [0, 0.05) is 11.3 Å². The molecule has 0 aliphatic rings. The quantitative estimate of drug-likeness (QED) is 0.560. The van der Waals surface area contributed by atoms with Gasteiger partial charge in [0.1, 0.15) is 5.75 Å². The van der Waals surface area contributed by atoms with E-state index in [1.807, 2.05) is 19.1 Å². The highest BCUT2D eigenvalue weighted by molar-refractivity contribution is 7.18. The topological polar surface area (TPSA) is 80.3 Å². The summed E-state index contributed by atoms with van der Waals surface area (Å²) in [7, 11) is 0. The Hall–Kier alpha value is -2.93. The van der Waals surface area contributed by atoms with Crippen molar-refractivity contribution < 1.29 is 14.3 Å². The largest absolute Gasteiger partial charge is 0.494 e. The fourth-order valence-corrected chi connectivity index (χ4v) is 3.49. The van der Waals surface area contributed by atoms with Crippen LogP contribution < -0.4 is 15.4 Å². The molecular weight excluding hydrogens is 374 g/mol. The second-order valence-corrected chi connectivity index (χ2v) is 7.61. The molecule has 0 bridgehead atoms. The first-order valence-corrected chi connectivity index (χ1v) is 10.0. The minimum atomic E-state index is -0.302. The molecule has 6 nitrogen and oxygen atoms in total. The molecule has 28 heavy (non-hydrogen) atoms. The van der Waals surface area contributed by atoms with Gasteiger partial charge in [-0.1, -0.05) is 13.3 Å². The molecule has 146 valence electrons. The molecule has 0 aliphatic heterocycles. The third kappa shape index (κ3) is 5.29. The highest BCUT2D eigenvalue weighted by Gasteiger charge is 2.09. The number of anilines is 1. The maximum atomic E-state index is 12.2. The van der Waals surface area contributed by atoms with E-state index in [2.05, 4.69) is 22.5 Å². The van der Waals surface area contributed by atoms with Crippen LogP contribution in [0.1, 0.15) is 35.1 Å². The number of nitrogens with one attached hydrogen (secondary N) is 2. The van der Waals surface area contributed by atoms with Crippen LogP contribution in [0.5, 0.6) is 5.75 Å². The van der Waals surface area contributed by atoms with Gasteiger partial charge in [0.15, 0.2) is 0 Å². The first-order chi connectivity index (χ1) is 13.5. The van der Waals surface area contributed by atoms with Gasteiger partial charge in [-0.3, -0.25) is 9.59 Å². The zero-order valence-electron chi connectivity index (χ0n) is 16.0. The van der Waals surface area contributed by atoms with Crippen molar-refractivity contribution in [1.82, 2.24) is 10.3 Å². The van der Waals surface area contributed by atoms with E-state index in [1.165, 1.54) is 0 Å². The minimum absolute atomic E-state index is 0.104. The first kappa shape index (κ1) is 19.8. The van der Waals surface area contributed by atoms with Gasteiger partial charge >= 0.3 is 0 Å². The number of thiazole rings is 1. The van der Waals surface area contributed by atoms with Crippen molar-refractivity contribution in [2.24, 2.45) is 0 Å². The van der Waals surface area contributed by atoms with Crippen molar-refractivity contribution in [2.45, 2.75) is 26.7 Å². The summed E-state index contributed by atoms with van der Waals surface area (Å²) in [5, 5.41) is 6.40. The van der Waals surface area contributed by atoms with Crippen molar-refractivity contribution in [1.29, 1.82) is 0 Å². The Bertz CT molecular complexity index is 967. The predicted molar refractivity (Wildman–Crippen MR) is 112 cm³/mol. The Morgan fingerprint density at radius 2 is 1.93 bits per heavy atom. The Kier molecular flexibility index (Phi) is 6.60.